The highest BCUT2D eigenvalue weighted by molar-refractivity contribution is 5.96. The minimum absolute atomic E-state index is 0.0180. The Kier molecular flexibility index (Phi) is 4.14. The van der Waals surface area contributed by atoms with Gasteiger partial charge < -0.3 is 10.4 Å². The number of aromatic nitrogens is 1. The molecule has 0 spiro atoms. The van der Waals surface area contributed by atoms with E-state index in [9.17, 15) is 15.2 Å². The van der Waals surface area contributed by atoms with Crippen molar-refractivity contribution in [3.63, 3.8) is 0 Å². The quantitative estimate of drug-likeness (QED) is 0.646. The van der Waals surface area contributed by atoms with Crippen LogP contribution in [0.5, 0.6) is 0 Å². The second kappa shape index (κ2) is 5.83. The smallest absolute Gasteiger partial charge is 0.295 e. The minimum atomic E-state index is -0.475. The van der Waals surface area contributed by atoms with Crippen molar-refractivity contribution in [3.8, 4) is 0 Å². The van der Waals surface area contributed by atoms with E-state index < -0.39 is 11.0 Å². The van der Waals surface area contributed by atoms with Crippen molar-refractivity contribution in [2.45, 2.75) is 20.0 Å². The lowest BCUT2D eigenvalue weighted by molar-refractivity contribution is -0.383. The van der Waals surface area contributed by atoms with Crippen LogP contribution >= 0.6 is 0 Å². The Morgan fingerprint density at radius 1 is 1.40 bits per heavy atom. The fourth-order valence-electron chi connectivity index (χ4n) is 1.91. The summed E-state index contributed by atoms with van der Waals surface area (Å²) < 4.78 is 0. The molecule has 0 aliphatic carbocycles. The molecule has 2 N–H and O–H groups in total. The number of non-ortho nitro benzene ring substituents is 1. The SMILES string of the molecule is CC(C)C(O)CNc1ccnc2c([N+](=O)[O-])cccc12. The van der Waals surface area contributed by atoms with Crippen LogP contribution in [0.25, 0.3) is 10.9 Å². The fraction of sp³-hybridized carbons (Fsp3) is 0.357. The summed E-state index contributed by atoms with van der Waals surface area (Å²) in [7, 11) is 0. The summed E-state index contributed by atoms with van der Waals surface area (Å²) in [4.78, 5) is 14.6. The largest absolute Gasteiger partial charge is 0.391 e. The van der Waals surface area contributed by atoms with Crippen molar-refractivity contribution in [3.05, 3.63) is 40.6 Å². The third kappa shape index (κ3) is 2.85. The van der Waals surface area contributed by atoms with Gasteiger partial charge in [-0.2, -0.15) is 0 Å². The maximum atomic E-state index is 11.0. The number of hydrogen-bond donors (Lipinski definition) is 2. The average molecular weight is 275 g/mol. The molecule has 0 amide bonds. The van der Waals surface area contributed by atoms with Gasteiger partial charge in [0.2, 0.25) is 0 Å². The molecule has 1 atom stereocenters. The number of benzene rings is 1. The zero-order chi connectivity index (χ0) is 14.7. The van der Waals surface area contributed by atoms with Gasteiger partial charge in [0.05, 0.1) is 11.0 Å². The van der Waals surface area contributed by atoms with Crippen LogP contribution in [-0.2, 0) is 0 Å². The number of nitro benzene ring substituents is 1. The van der Waals surface area contributed by atoms with Crippen LogP contribution in [0, 0.1) is 16.0 Å². The molecule has 106 valence electrons. The fourth-order valence-corrected chi connectivity index (χ4v) is 1.91. The van der Waals surface area contributed by atoms with Gasteiger partial charge in [0, 0.05) is 29.9 Å². The Morgan fingerprint density at radius 3 is 2.80 bits per heavy atom. The number of aliphatic hydroxyl groups excluding tert-OH is 1. The van der Waals surface area contributed by atoms with Gasteiger partial charge in [-0.3, -0.25) is 10.1 Å². The molecule has 2 aromatic rings. The van der Waals surface area contributed by atoms with E-state index in [-0.39, 0.29) is 11.6 Å². The number of anilines is 1. The lowest BCUT2D eigenvalue weighted by Crippen LogP contribution is -2.24. The molecule has 6 nitrogen and oxygen atoms in total. The number of nitrogens with zero attached hydrogens (tertiary/aromatic N) is 2. The number of rotatable bonds is 5. The van der Waals surface area contributed by atoms with Gasteiger partial charge in [-0.1, -0.05) is 26.0 Å². The maximum Gasteiger partial charge on any atom is 0.295 e. The molecular weight excluding hydrogens is 258 g/mol. The number of nitro groups is 1. The predicted molar refractivity (Wildman–Crippen MR) is 77.7 cm³/mol. The van der Waals surface area contributed by atoms with E-state index in [0.29, 0.717) is 17.4 Å². The van der Waals surface area contributed by atoms with Crippen molar-refractivity contribution in [2.75, 3.05) is 11.9 Å². The monoisotopic (exact) mass is 275 g/mol. The summed E-state index contributed by atoms with van der Waals surface area (Å²) in [5.41, 5.74) is 1.07. The zero-order valence-electron chi connectivity index (χ0n) is 11.4. The van der Waals surface area contributed by atoms with Crippen molar-refractivity contribution in [2.24, 2.45) is 5.92 Å². The van der Waals surface area contributed by atoms with Crippen molar-refractivity contribution in [1.82, 2.24) is 4.98 Å². The van der Waals surface area contributed by atoms with Gasteiger partial charge in [-0.05, 0) is 12.0 Å². The summed E-state index contributed by atoms with van der Waals surface area (Å²) in [6.07, 6.45) is 1.05. The number of aliphatic hydroxyl groups is 1. The summed E-state index contributed by atoms with van der Waals surface area (Å²) in [6.45, 7) is 4.25. The van der Waals surface area contributed by atoms with E-state index >= 15 is 0 Å². The molecule has 2 rings (SSSR count). The Morgan fingerprint density at radius 2 is 2.15 bits per heavy atom. The van der Waals surface area contributed by atoms with Crippen LogP contribution in [0.1, 0.15) is 13.8 Å². The molecule has 1 aromatic heterocycles. The highest BCUT2D eigenvalue weighted by atomic mass is 16.6. The summed E-state index contributed by atoms with van der Waals surface area (Å²) in [6, 6.07) is 6.59. The van der Waals surface area contributed by atoms with Gasteiger partial charge in [0.25, 0.3) is 5.69 Å². The number of nitrogens with one attached hydrogen (secondary N) is 1. The van der Waals surface area contributed by atoms with Gasteiger partial charge in [0.1, 0.15) is 5.52 Å². The highest BCUT2D eigenvalue weighted by Gasteiger charge is 2.15. The van der Waals surface area contributed by atoms with Gasteiger partial charge in [-0.15, -0.1) is 0 Å². The topological polar surface area (TPSA) is 88.3 Å². The molecule has 0 fully saturated rings. The van der Waals surface area contributed by atoms with E-state index in [1.54, 1.807) is 18.2 Å². The number of pyridine rings is 1. The molecule has 1 heterocycles. The molecule has 1 unspecified atom stereocenters. The van der Waals surface area contributed by atoms with Crippen molar-refractivity contribution in [1.29, 1.82) is 0 Å². The van der Waals surface area contributed by atoms with Crippen LogP contribution in [0.3, 0.4) is 0 Å². The first-order valence-electron chi connectivity index (χ1n) is 6.44. The first-order chi connectivity index (χ1) is 9.50. The van der Waals surface area contributed by atoms with E-state index in [0.717, 1.165) is 5.69 Å². The number of para-hydroxylation sites is 1. The van der Waals surface area contributed by atoms with Crippen LogP contribution < -0.4 is 5.32 Å². The summed E-state index contributed by atoms with van der Waals surface area (Å²) in [5, 5.41) is 24.6. The van der Waals surface area contributed by atoms with Gasteiger partial charge in [0.15, 0.2) is 0 Å². The standard InChI is InChI=1S/C14H17N3O3/c1-9(2)13(18)8-16-11-6-7-15-14-10(11)4-3-5-12(14)17(19)20/h3-7,9,13,18H,8H2,1-2H3,(H,15,16). The van der Waals surface area contributed by atoms with E-state index in [1.807, 2.05) is 13.8 Å². The molecule has 20 heavy (non-hydrogen) atoms. The molecule has 0 saturated carbocycles. The molecule has 6 heteroatoms. The van der Waals surface area contributed by atoms with Crippen LogP contribution in [0.2, 0.25) is 0 Å². The molecular formula is C14H17N3O3. The summed E-state index contributed by atoms with van der Waals surface area (Å²) >= 11 is 0. The Balaban J connectivity index is 2.35. The molecule has 0 bridgehead atoms. The average Bonchev–Trinajstić information content (AvgIpc) is 2.43. The zero-order valence-corrected chi connectivity index (χ0v) is 11.4. The number of fused-ring (bicyclic) bond motifs is 1. The van der Waals surface area contributed by atoms with Gasteiger partial charge >= 0.3 is 0 Å². The van der Waals surface area contributed by atoms with Crippen LogP contribution in [0.4, 0.5) is 11.4 Å². The lowest BCUT2D eigenvalue weighted by Gasteiger charge is -2.16. The molecule has 0 radical (unpaired) electrons. The molecule has 0 aliphatic heterocycles. The second-order valence-electron chi connectivity index (χ2n) is 4.98. The third-order valence-electron chi connectivity index (χ3n) is 3.22. The Bertz CT molecular complexity index is 628. The molecule has 0 aliphatic rings. The van der Waals surface area contributed by atoms with E-state index in [4.69, 9.17) is 0 Å². The van der Waals surface area contributed by atoms with Crippen LogP contribution in [-0.4, -0.2) is 27.7 Å². The van der Waals surface area contributed by atoms with E-state index in [1.165, 1.54) is 12.3 Å². The summed E-state index contributed by atoms with van der Waals surface area (Å²) in [5.74, 6) is 0.143. The Hall–Kier alpha value is -2.21. The predicted octanol–water partition coefficient (Wildman–Crippen LogP) is 2.57. The second-order valence-corrected chi connectivity index (χ2v) is 4.98. The molecule has 1 aromatic carbocycles. The maximum absolute atomic E-state index is 11.0. The first-order valence-corrected chi connectivity index (χ1v) is 6.44. The minimum Gasteiger partial charge on any atom is -0.391 e. The van der Waals surface area contributed by atoms with E-state index in [2.05, 4.69) is 10.3 Å². The normalized spacial score (nSPS) is 12.6. The van der Waals surface area contributed by atoms with Gasteiger partial charge in [-0.25, -0.2) is 4.98 Å². The molecule has 0 saturated heterocycles. The van der Waals surface area contributed by atoms with Crippen LogP contribution in [0.15, 0.2) is 30.5 Å². The Labute approximate surface area is 116 Å². The third-order valence-corrected chi connectivity index (χ3v) is 3.22. The lowest BCUT2D eigenvalue weighted by atomic mass is 10.1. The first kappa shape index (κ1) is 14.2. The highest BCUT2D eigenvalue weighted by Crippen LogP contribution is 2.28. The van der Waals surface area contributed by atoms with Crippen molar-refractivity contribution < 1.29 is 10.0 Å². The van der Waals surface area contributed by atoms with Crippen molar-refractivity contribution >= 4 is 22.3 Å². The number of hydrogen-bond acceptors (Lipinski definition) is 5.